The average Bonchev–Trinajstić information content (AvgIpc) is 2.41. The van der Waals surface area contributed by atoms with Crippen LogP contribution in [-0.2, 0) is 4.79 Å². The lowest BCUT2D eigenvalue weighted by Crippen LogP contribution is -2.23. The highest BCUT2D eigenvalue weighted by Gasteiger charge is 2.08. The standard InChI is InChI=1S/C14H24N4O/c1-4-18(5-2)13-7-6-12(10-16-13)17-14(19)8-11(3)9-15/h6-7,10-11H,4-5,8-9,15H2,1-3H3,(H,17,19). The summed E-state index contributed by atoms with van der Waals surface area (Å²) in [6.07, 6.45) is 2.13. The van der Waals surface area contributed by atoms with Gasteiger partial charge in [-0.3, -0.25) is 4.79 Å². The molecular formula is C14H24N4O. The highest BCUT2D eigenvalue weighted by atomic mass is 16.1. The van der Waals surface area contributed by atoms with E-state index in [1.807, 2.05) is 19.1 Å². The highest BCUT2D eigenvalue weighted by molar-refractivity contribution is 5.90. The lowest BCUT2D eigenvalue weighted by atomic mass is 10.1. The molecule has 3 N–H and O–H groups in total. The lowest BCUT2D eigenvalue weighted by molar-refractivity contribution is -0.116. The van der Waals surface area contributed by atoms with Crippen molar-refractivity contribution in [3.8, 4) is 0 Å². The zero-order valence-corrected chi connectivity index (χ0v) is 12.0. The second kappa shape index (κ2) is 7.74. The second-order valence-electron chi connectivity index (χ2n) is 4.67. The van der Waals surface area contributed by atoms with Gasteiger partial charge in [0, 0.05) is 19.5 Å². The van der Waals surface area contributed by atoms with Gasteiger partial charge in [0.2, 0.25) is 5.91 Å². The van der Waals surface area contributed by atoms with Gasteiger partial charge in [-0.05, 0) is 38.4 Å². The summed E-state index contributed by atoms with van der Waals surface area (Å²) >= 11 is 0. The van der Waals surface area contributed by atoms with Gasteiger partial charge in [0.25, 0.3) is 0 Å². The lowest BCUT2D eigenvalue weighted by Gasteiger charge is -2.19. The second-order valence-corrected chi connectivity index (χ2v) is 4.67. The van der Waals surface area contributed by atoms with Crippen molar-refractivity contribution in [2.75, 3.05) is 29.9 Å². The number of hydrogen-bond acceptors (Lipinski definition) is 4. The van der Waals surface area contributed by atoms with Gasteiger partial charge < -0.3 is 16.0 Å². The van der Waals surface area contributed by atoms with Crippen molar-refractivity contribution in [3.63, 3.8) is 0 Å². The molecular weight excluding hydrogens is 240 g/mol. The molecule has 1 aromatic rings. The van der Waals surface area contributed by atoms with Gasteiger partial charge >= 0.3 is 0 Å². The summed E-state index contributed by atoms with van der Waals surface area (Å²) in [4.78, 5) is 18.2. The fourth-order valence-electron chi connectivity index (χ4n) is 1.81. The fourth-order valence-corrected chi connectivity index (χ4v) is 1.81. The number of anilines is 2. The number of carbonyl (C=O) groups excluding carboxylic acids is 1. The van der Waals surface area contributed by atoms with Crippen molar-refractivity contribution in [2.45, 2.75) is 27.2 Å². The van der Waals surface area contributed by atoms with E-state index in [0.717, 1.165) is 24.6 Å². The minimum absolute atomic E-state index is 0.0182. The molecule has 19 heavy (non-hydrogen) atoms. The zero-order chi connectivity index (χ0) is 14.3. The van der Waals surface area contributed by atoms with Gasteiger partial charge in [0.1, 0.15) is 5.82 Å². The van der Waals surface area contributed by atoms with E-state index in [1.54, 1.807) is 6.20 Å². The van der Waals surface area contributed by atoms with Crippen LogP contribution in [0.5, 0.6) is 0 Å². The highest BCUT2D eigenvalue weighted by Crippen LogP contribution is 2.14. The molecule has 1 rings (SSSR count). The average molecular weight is 264 g/mol. The first-order chi connectivity index (χ1) is 9.10. The molecule has 5 nitrogen and oxygen atoms in total. The number of pyridine rings is 1. The number of nitrogens with two attached hydrogens (primary N) is 1. The van der Waals surface area contributed by atoms with Crippen LogP contribution in [0.3, 0.4) is 0 Å². The van der Waals surface area contributed by atoms with Gasteiger partial charge in [0.05, 0.1) is 11.9 Å². The number of hydrogen-bond donors (Lipinski definition) is 2. The number of amides is 1. The van der Waals surface area contributed by atoms with Crippen LogP contribution < -0.4 is 16.0 Å². The van der Waals surface area contributed by atoms with Gasteiger partial charge in [0.15, 0.2) is 0 Å². The third-order valence-electron chi connectivity index (χ3n) is 3.06. The fraction of sp³-hybridized carbons (Fsp3) is 0.571. The molecule has 5 heteroatoms. The normalized spacial score (nSPS) is 12.0. The van der Waals surface area contributed by atoms with Gasteiger partial charge in [-0.1, -0.05) is 6.92 Å². The zero-order valence-electron chi connectivity index (χ0n) is 12.0. The van der Waals surface area contributed by atoms with Crippen LogP contribution >= 0.6 is 0 Å². The van der Waals surface area contributed by atoms with Crippen LogP contribution in [0.1, 0.15) is 27.2 Å². The Bertz CT molecular complexity index is 387. The molecule has 1 aromatic heterocycles. The van der Waals surface area contributed by atoms with E-state index in [-0.39, 0.29) is 11.8 Å². The Morgan fingerprint density at radius 3 is 2.58 bits per heavy atom. The summed E-state index contributed by atoms with van der Waals surface area (Å²) < 4.78 is 0. The molecule has 0 aliphatic carbocycles. The van der Waals surface area contributed by atoms with E-state index in [9.17, 15) is 4.79 Å². The topological polar surface area (TPSA) is 71.2 Å². The molecule has 1 unspecified atom stereocenters. The first-order valence-electron chi connectivity index (χ1n) is 6.81. The molecule has 0 radical (unpaired) electrons. The summed E-state index contributed by atoms with van der Waals surface area (Å²) in [7, 11) is 0. The van der Waals surface area contributed by atoms with Crippen molar-refractivity contribution in [3.05, 3.63) is 18.3 Å². The van der Waals surface area contributed by atoms with E-state index < -0.39 is 0 Å². The Labute approximate surface area is 115 Å². The minimum atomic E-state index is -0.0182. The molecule has 0 saturated carbocycles. The summed E-state index contributed by atoms with van der Waals surface area (Å²) in [5, 5.41) is 2.83. The molecule has 0 aliphatic heterocycles. The Kier molecular flexibility index (Phi) is 6.29. The maximum Gasteiger partial charge on any atom is 0.224 e. The van der Waals surface area contributed by atoms with Crippen molar-refractivity contribution in [1.82, 2.24) is 4.98 Å². The predicted octanol–water partition coefficient (Wildman–Crippen LogP) is 1.85. The molecule has 1 amide bonds. The van der Waals surface area contributed by atoms with Crippen molar-refractivity contribution in [1.29, 1.82) is 0 Å². The van der Waals surface area contributed by atoms with Gasteiger partial charge in [-0.15, -0.1) is 0 Å². The third-order valence-corrected chi connectivity index (χ3v) is 3.06. The SMILES string of the molecule is CCN(CC)c1ccc(NC(=O)CC(C)CN)cn1. The Hall–Kier alpha value is -1.62. The van der Waals surface area contributed by atoms with E-state index in [1.165, 1.54) is 0 Å². The molecule has 0 aliphatic rings. The smallest absolute Gasteiger partial charge is 0.224 e. The Morgan fingerprint density at radius 1 is 1.42 bits per heavy atom. The molecule has 1 atom stereocenters. The van der Waals surface area contributed by atoms with Crippen LogP contribution in [0.25, 0.3) is 0 Å². The summed E-state index contributed by atoms with van der Waals surface area (Å²) in [6.45, 7) is 8.50. The largest absolute Gasteiger partial charge is 0.357 e. The number of rotatable bonds is 7. The van der Waals surface area contributed by atoms with E-state index >= 15 is 0 Å². The van der Waals surface area contributed by atoms with Gasteiger partial charge in [-0.2, -0.15) is 0 Å². The first-order valence-corrected chi connectivity index (χ1v) is 6.81. The quantitative estimate of drug-likeness (QED) is 0.788. The molecule has 1 heterocycles. The van der Waals surface area contributed by atoms with Crippen LogP contribution in [0.2, 0.25) is 0 Å². The number of nitrogens with one attached hydrogen (secondary N) is 1. The summed E-state index contributed by atoms with van der Waals surface area (Å²) in [5.74, 6) is 1.11. The van der Waals surface area contributed by atoms with Crippen LogP contribution in [0, 0.1) is 5.92 Å². The maximum atomic E-state index is 11.7. The van der Waals surface area contributed by atoms with Crippen LogP contribution in [-0.4, -0.2) is 30.5 Å². The van der Waals surface area contributed by atoms with Crippen LogP contribution in [0.15, 0.2) is 18.3 Å². The number of aromatic nitrogens is 1. The molecule has 0 spiro atoms. The third kappa shape index (κ3) is 4.87. The van der Waals surface area contributed by atoms with Gasteiger partial charge in [-0.25, -0.2) is 4.98 Å². The van der Waals surface area contributed by atoms with E-state index in [2.05, 4.69) is 29.0 Å². The molecule has 0 bridgehead atoms. The minimum Gasteiger partial charge on any atom is -0.357 e. The molecule has 0 fully saturated rings. The van der Waals surface area contributed by atoms with Crippen LogP contribution in [0.4, 0.5) is 11.5 Å². The van der Waals surface area contributed by atoms with E-state index in [4.69, 9.17) is 5.73 Å². The molecule has 106 valence electrons. The summed E-state index contributed by atoms with van der Waals surface area (Å²) in [6, 6.07) is 3.81. The Morgan fingerprint density at radius 2 is 2.11 bits per heavy atom. The van der Waals surface area contributed by atoms with Crippen molar-refractivity contribution in [2.24, 2.45) is 11.7 Å². The first kappa shape index (κ1) is 15.4. The monoisotopic (exact) mass is 264 g/mol. The van der Waals surface area contributed by atoms with E-state index in [0.29, 0.717) is 13.0 Å². The van der Waals surface area contributed by atoms with Crippen molar-refractivity contribution >= 4 is 17.4 Å². The molecule has 0 aromatic carbocycles. The number of carbonyl (C=O) groups is 1. The maximum absolute atomic E-state index is 11.7. The summed E-state index contributed by atoms with van der Waals surface area (Å²) in [5.41, 5.74) is 6.23. The predicted molar refractivity (Wildman–Crippen MR) is 79.3 cm³/mol. The molecule has 0 saturated heterocycles. The number of nitrogens with zero attached hydrogens (tertiary/aromatic N) is 2. The Balaban J connectivity index is 2.59. The van der Waals surface area contributed by atoms with Crippen molar-refractivity contribution < 1.29 is 4.79 Å².